The zero-order chi connectivity index (χ0) is 24.1. The second-order valence-electron chi connectivity index (χ2n) is 7.41. The number of nitrogens with one attached hydrogen (secondary N) is 1. The molecule has 0 radical (unpaired) electrons. The van der Waals surface area contributed by atoms with E-state index in [9.17, 15) is 14.4 Å². The van der Waals surface area contributed by atoms with E-state index >= 15 is 0 Å². The molecule has 4 aromatic rings. The van der Waals surface area contributed by atoms with Crippen LogP contribution in [0.2, 0.25) is 0 Å². The molecule has 34 heavy (non-hydrogen) atoms. The normalized spacial score (nSPS) is 10.8. The number of hydrogen-bond donors (Lipinski definition) is 1. The molecule has 0 aliphatic heterocycles. The Hall–Kier alpha value is -3.91. The first-order chi connectivity index (χ1) is 16.5. The molecule has 0 spiro atoms. The van der Waals surface area contributed by atoms with Gasteiger partial charge < -0.3 is 10.1 Å². The topological polar surface area (TPSA) is 90.3 Å². The fourth-order valence-electron chi connectivity index (χ4n) is 3.44. The highest BCUT2D eigenvalue weighted by atomic mass is 32.2. The van der Waals surface area contributed by atoms with E-state index in [1.54, 1.807) is 68.6 Å². The lowest BCUT2D eigenvalue weighted by molar-refractivity contribution is -0.115. The summed E-state index contributed by atoms with van der Waals surface area (Å²) in [5, 5.41) is 3.64. The quantitative estimate of drug-likeness (QED) is 0.226. The first-order valence-corrected chi connectivity index (χ1v) is 11.7. The number of anilines is 1. The molecule has 1 aromatic heterocycles. The minimum atomic E-state index is -0.235. The summed E-state index contributed by atoms with van der Waals surface area (Å²) in [4.78, 5) is 42.5. The van der Waals surface area contributed by atoms with Crippen LogP contribution in [-0.2, 0) is 4.79 Å². The van der Waals surface area contributed by atoms with Crippen LogP contribution < -0.4 is 15.6 Å². The number of para-hydroxylation sites is 3. The maximum Gasteiger partial charge on any atom is 0.266 e. The summed E-state index contributed by atoms with van der Waals surface area (Å²) in [5.41, 5.74) is 2.02. The van der Waals surface area contributed by atoms with Gasteiger partial charge in [0.15, 0.2) is 10.9 Å². The van der Waals surface area contributed by atoms with Gasteiger partial charge in [0.2, 0.25) is 5.91 Å². The molecule has 8 heteroatoms. The number of ketones is 1. The lowest BCUT2D eigenvalue weighted by atomic mass is 10.1. The number of carbonyl (C=O) groups excluding carboxylic acids is 2. The zero-order valence-electron chi connectivity index (χ0n) is 18.8. The molecule has 0 aliphatic carbocycles. The summed E-state index contributed by atoms with van der Waals surface area (Å²) in [5.74, 6) is 0.402. The molecule has 0 bridgehead atoms. The zero-order valence-corrected chi connectivity index (χ0v) is 19.6. The number of methoxy groups -OCH3 is 1. The predicted octanol–water partition coefficient (Wildman–Crippen LogP) is 4.72. The molecule has 1 heterocycles. The van der Waals surface area contributed by atoms with Gasteiger partial charge in [-0.1, -0.05) is 43.0 Å². The van der Waals surface area contributed by atoms with E-state index in [0.717, 1.165) is 0 Å². The SMILES string of the molecule is CCC(=O)Nc1ccc(C(=O)CSc2nc3ccccc3c(=O)n2-c2ccccc2OC)cc1. The number of ether oxygens (including phenoxy) is 1. The third-order valence-electron chi connectivity index (χ3n) is 5.22. The number of hydrogen-bond acceptors (Lipinski definition) is 6. The van der Waals surface area contributed by atoms with Crippen molar-refractivity contribution in [3.05, 3.63) is 88.7 Å². The van der Waals surface area contributed by atoms with Gasteiger partial charge in [-0.15, -0.1) is 0 Å². The summed E-state index contributed by atoms with van der Waals surface area (Å²) < 4.78 is 6.96. The van der Waals surface area contributed by atoms with Crippen molar-refractivity contribution in [1.29, 1.82) is 0 Å². The van der Waals surface area contributed by atoms with Crippen LogP contribution in [0.3, 0.4) is 0 Å². The second kappa shape index (κ2) is 10.4. The molecule has 0 fully saturated rings. The van der Waals surface area contributed by atoms with Crippen molar-refractivity contribution >= 4 is 40.0 Å². The fourth-order valence-corrected chi connectivity index (χ4v) is 4.34. The van der Waals surface area contributed by atoms with Crippen molar-refractivity contribution in [1.82, 2.24) is 9.55 Å². The molecule has 0 unspecified atom stereocenters. The molecule has 172 valence electrons. The number of benzene rings is 3. The minimum Gasteiger partial charge on any atom is -0.495 e. The highest BCUT2D eigenvalue weighted by Crippen LogP contribution is 2.27. The third kappa shape index (κ3) is 4.87. The van der Waals surface area contributed by atoms with E-state index in [-0.39, 0.29) is 23.0 Å². The summed E-state index contributed by atoms with van der Waals surface area (Å²) in [6.45, 7) is 1.77. The Morgan fingerprint density at radius 3 is 2.44 bits per heavy atom. The predicted molar refractivity (Wildman–Crippen MR) is 134 cm³/mol. The molecule has 0 saturated heterocycles. The van der Waals surface area contributed by atoms with Crippen molar-refractivity contribution in [2.75, 3.05) is 18.2 Å². The van der Waals surface area contributed by atoms with Crippen molar-refractivity contribution in [3.8, 4) is 11.4 Å². The lowest BCUT2D eigenvalue weighted by Gasteiger charge is -2.15. The van der Waals surface area contributed by atoms with E-state index in [0.29, 0.717) is 45.2 Å². The highest BCUT2D eigenvalue weighted by molar-refractivity contribution is 7.99. The van der Waals surface area contributed by atoms with Crippen LogP contribution in [0, 0.1) is 0 Å². The van der Waals surface area contributed by atoms with Gasteiger partial charge in [0.1, 0.15) is 5.75 Å². The van der Waals surface area contributed by atoms with Gasteiger partial charge in [-0.2, -0.15) is 0 Å². The van der Waals surface area contributed by atoms with Gasteiger partial charge in [0, 0.05) is 17.7 Å². The second-order valence-corrected chi connectivity index (χ2v) is 8.36. The molecule has 0 saturated carbocycles. The molecule has 0 aliphatic rings. The van der Waals surface area contributed by atoms with Crippen LogP contribution in [0.5, 0.6) is 5.75 Å². The summed E-state index contributed by atoms with van der Waals surface area (Å²) in [6.07, 6.45) is 0.379. The third-order valence-corrected chi connectivity index (χ3v) is 6.15. The first kappa shape index (κ1) is 23.3. The van der Waals surface area contributed by atoms with E-state index in [1.807, 2.05) is 18.2 Å². The van der Waals surface area contributed by atoms with Crippen LogP contribution in [0.1, 0.15) is 23.7 Å². The van der Waals surface area contributed by atoms with E-state index < -0.39 is 0 Å². The Morgan fingerprint density at radius 2 is 1.71 bits per heavy atom. The van der Waals surface area contributed by atoms with Crippen molar-refractivity contribution in [3.63, 3.8) is 0 Å². The molecule has 3 aromatic carbocycles. The van der Waals surface area contributed by atoms with Crippen LogP contribution in [0.15, 0.2) is 82.7 Å². The van der Waals surface area contributed by atoms with E-state index in [1.165, 1.54) is 16.3 Å². The number of nitrogens with zero attached hydrogens (tertiary/aromatic N) is 2. The molecule has 7 nitrogen and oxygen atoms in total. The number of carbonyl (C=O) groups is 2. The molecular weight excluding hydrogens is 450 g/mol. The molecule has 0 atom stereocenters. The van der Waals surface area contributed by atoms with Gasteiger partial charge >= 0.3 is 0 Å². The number of amides is 1. The average molecular weight is 474 g/mol. The largest absolute Gasteiger partial charge is 0.495 e. The monoisotopic (exact) mass is 473 g/mol. The average Bonchev–Trinajstić information content (AvgIpc) is 2.87. The van der Waals surface area contributed by atoms with E-state index in [2.05, 4.69) is 10.3 Å². The Labute approximate surface area is 200 Å². The van der Waals surface area contributed by atoms with Gasteiger partial charge in [-0.3, -0.25) is 19.0 Å². The molecule has 1 amide bonds. The Bertz CT molecular complexity index is 1410. The van der Waals surface area contributed by atoms with Crippen molar-refractivity contribution < 1.29 is 14.3 Å². The van der Waals surface area contributed by atoms with Crippen LogP contribution >= 0.6 is 11.8 Å². The molecule has 1 N–H and O–H groups in total. The summed E-state index contributed by atoms with van der Waals surface area (Å²) in [7, 11) is 1.54. The first-order valence-electron chi connectivity index (χ1n) is 10.7. The molecule has 4 rings (SSSR count). The van der Waals surface area contributed by atoms with Crippen molar-refractivity contribution in [2.24, 2.45) is 0 Å². The number of Topliss-reactive ketones (excluding diaryl/α,β-unsaturated/α-hetero) is 1. The smallest absolute Gasteiger partial charge is 0.266 e. The Balaban J connectivity index is 1.66. The van der Waals surface area contributed by atoms with Crippen molar-refractivity contribution in [2.45, 2.75) is 18.5 Å². The number of fused-ring (bicyclic) bond motifs is 1. The van der Waals surface area contributed by atoms with Gasteiger partial charge in [-0.05, 0) is 48.5 Å². The summed E-state index contributed by atoms with van der Waals surface area (Å²) in [6, 6.07) is 21.1. The van der Waals surface area contributed by atoms with Crippen LogP contribution in [0.25, 0.3) is 16.6 Å². The Kier molecular flexibility index (Phi) is 7.08. The highest BCUT2D eigenvalue weighted by Gasteiger charge is 2.18. The maximum absolute atomic E-state index is 13.4. The summed E-state index contributed by atoms with van der Waals surface area (Å²) >= 11 is 1.19. The van der Waals surface area contributed by atoms with Crippen LogP contribution in [-0.4, -0.2) is 34.1 Å². The van der Waals surface area contributed by atoms with E-state index in [4.69, 9.17) is 4.74 Å². The van der Waals surface area contributed by atoms with Gasteiger partial charge in [0.25, 0.3) is 5.56 Å². The van der Waals surface area contributed by atoms with Gasteiger partial charge in [0.05, 0.1) is 29.5 Å². The minimum absolute atomic E-state index is 0.0839. The number of thioether (sulfide) groups is 1. The maximum atomic E-state index is 13.4. The number of rotatable bonds is 8. The van der Waals surface area contributed by atoms with Crippen LogP contribution in [0.4, 0.5) is 5.69 Å². The molecular formula is C26H23N3O4S. The Morgan fingerprint density at radius 1 is 1.00 bits per heavy atom. The fraction of sp³-hybridized carbons (Fsp3) is 0.154. The number of aromatic nitrogens is 2. The standard InChI is InChI=1S/C26H23N3O4S/c1-3-24(31)27-18-14-12-17(13-15-18)22(30)16-34-26-28-20-9-5-4-8-19(20)25(32)29(26)21-10-6-7-11-23(21)33-2/h4-15H,3,16H2,1-2H3,(H,27,31). The van der Waals surface area contributed by atoms with Gasteiger partial charge in [-0.25, -0.2) is 4.98 Å². The lowest BCUT2D eigenvalue weighted by Crippen LogP contribution is -2.22.